The Morgan fingerprint density at radius 2 is 1.57 bits per heavy atom. The maximum absolute atomic E-state index is 12.5. The minimum atomic E-state index is 0.398. The van der Waals surface area contributed by atoms with Crippen LogP contribution in [0.1, 0.15) is 32.1 Å². The second kappa shape index (κ2) is 8.45. The zero-order valence-corrected chi connectivity index (χ0v) is 14.8. The maximum Gasteiger partial charge on any atom is 0.222 e. The second-order valence-electron chi connectivity index (χ2n) is 7.83. The predicted octanol–water partition coefficient (Wildman–Crippen LogP) is 0.862. The first-order valence-corrected chi connectivity index (χ1v) is 9.60. The van der Waals surface area contributed by atoms with Crippen molar-refractivity contribution in [3.63, 3.8) is 0 Å². The van der Waals surface area contributed by atoms with Gasteiger partial charge in [-0.25, -0.2) is 0 Å². The quantitative estimate of drug-likeness (QED) is 0.833. The van der Waals surface area contributed by atoms with Gasteiger partial charge in [0.25, 0.3) is 0 Å². The largest absolute Gasteiger partial charge is 0.340 e. The van der Waals surface area contributed by atoms with Gasteiger partial charge in [-0.05, 0) is 70.7 Å². The number of rotatable bonds is 4. The number of piperazine rings is 1. The summed E-state index contributed by atoms with van der Waals surface area (Å²) in [5.74, 6) is 1.90. The van der Waals surface area contributed by atoms with Gasteiger partial charge in [0.2, 0.25) is 5.91 Å². The fourth-order valence-electron chi connectivity index (χ4n) is 4.23. The van der Waals surface area contributed by atoms with E-state index in [1.165, 1.54) is 58.4 Å². The number of hydrogen-bond donors (Lipinski definition) is 1. The molecular formula is C18H34N4O. The van der Waals surface area contributed by atoms with Crippen LogP contribution in [0.15, 0.2) is 0 Å². The van der Waals surface area contributed by atoms with Gasteiger partial charge in [0, 0.05) is 39.1 Å². The minimum absolute atomic E-state index is 0.398. The molecule has 23 heavy (non-hydrogen) atoms. The summed E-state index contributed by atoms with van der Waals surface area (Å²) in [6.07, 6.45) is 5.88. The summed E-state index contributed by atoms with van der Waals surface area (Å²) in [5.41, 5.74) is 0. The van der Waals surface area contributed by atoms with Crippen molar-refractivity contribution < 1.29 is 4.79 Å². The minimum Gasteiger partial charge on any atom is -0.340 e. The van der Waals surface area contributed by atoms with Crippen LogP contribution in [0.5, 0.6) is 0 Å². The zero-order valence-electron chi connectivity index (χ0n) is 14.8. The molecule has 0 spiro atoms. The van der Waals surface area contributed by atoms with Crippen LogP contribution in [0.25, 0.3) is 0 Å². The highest BCUT2D eigenvalue weighted by Crippen LogP contribution is 2.24. The van der Waals surface area contributed by atoms with Crippen molar-refractivity contribution in [3.8, 4) is 0 Å². The standard InChI is InChI=1S/C18H34N4O/c1-20-10-12-22(13-11-20)18(23)14-16-4-8-21(9-5-16)15-17-2-6-19-7-3-17/h16-17,19H,2-15H2,1H3. The summed E-state index contributed by atoms with van der Waals surface area (Å²) >= 11 is 0. The molecule has 0 aromatic heterocycles. The van der Waals surface area contributed by atoms with E-state index >= 15 is 0 Å². The van der Waals surface area contributed by atoms with Crippen molar-refractivity contribution in [1.82, 2.24) is 20.0 Å². The first-order chi connectivity index (χ1) is 11.2. The molecule has 3 aliphatic heterocycles. The van der Waals surface area contributed by atoms with Crippen LogP contribution in [0.3, 0.4) is 0 Å². The summed E-state index contributed by atoms with van der Waals surface area (Å²) in [5, 5.41) is 3.45. The molecule has 0 radical (unpaired) electrons. The van der Waals surface area contributed by atoms with Gasteiger partial charge in [0.1, 0.15) is 0 Å². The molecule has 5 nitrogen and oxygen atoms in total. The number of carbonyl (C=O) groups excluding carboxylic acids is 1. The third kappa shape index (κ3) is 5.16. The molecule has 132 valence electrons. The Kier molecular flexibility index (Phi) is 6.31. The summed E-state index contributed by atoms with van der Waals surface area (Å²) < 4.78 is 0. The third-order valence-electron chi connectivity index (χ3n) is 6.00. The van der Waals surface area contributed by atoms with Crippen LogP contribution in [0.2, 0.25) is 0 Å². The van der Waals surface area contributed by atoms with E-state index in [0.29, 0.717) is 11.8 Å². The number of nitrogens with one attached hydrogen (secondary N) is 1. The Bertz CT molecular complexity index is 367. The van der Waals surface area contributed by atoms with E-state index in [4.69, 9.17) is 0 Å². The van der Waals surface area contributed by atoms with E-state index < -0.39 is 0 Å². The molecule has 0 aromatic carbocycles. The van der Waals surface area contributed by atoms with Crippen molar-refractivity contribution in [3.05, 3.63) is 0 Å². The lowest BCUT2D eigenvalue weighted by molar-refractivity contribution is -0.134. The highest BCUT2D eigenvalue weighted by Gasteiger charge is 2.26. The van der Waals surface area contributed by atoms with Crippen LogP contribution in [0, 0.1) is 11.8 Å². The maximum atomic E-state index is 12.5. The molecule has 1 amide bonds. The second-order valence-corrected chi connectivity index (χ2v) is 7.83. The molecule has 3 fully saturated rings. The van der Waals surface area contributed by atoms with E-state index in [1.807, 2.05) is 0 Å². The predicted molar refractivity (Wildman–Crippen MR) is 93.5 cm³/mol. The molecule has 0 atom stereocenters. The smallest absolute Gasteiger partial charge is 0.222 e. The number of amides is 1. The Morgan fingerprint density at radius 1 is 0.913 bits per heavy atom. The lowest BCUT2D eigenvalue weighted by Crippen LogP contribution is -2.48. The van der Waals surface area contributed by atoms with Crippen molar-refractivity contribution >= 4 is 5.91 Å². The van der Waals surface area contributed by atoms with Gasteiger partial charge in [-0.15, -0.1) is 0 Å². The molecule has 3 rings (SSSR count). The molecule has 3 aliphatic rings. The first kappa shape index (κ1) is 17.2. The van der Waals surface area contributed by atoms with Crippen molar-refractivity contribution in [2.24, 2.45) is 11.8 Å². The molecule has 1 N–H and O–H groups in total. The van der Waals surface area contributed by atoms with Crippen LogP contribution in [-0.2, 0) is 4.79 Å². The fourth-order valence-corrected chi connectivity index (χ4v) is 4.23. The van der Waals surface area contributed by atoms with Crippen LogP contribution < -0.4 is 5.32 Å². The van der Waals surface area contributed by atoms with E-state index in [1.54, 1.807) is 0 Å². The summed E-state index contributed by atoms with van der Waals surface area (Å²) in [6, 6.07) is 0. The van der Waals surface area contributed by atoms with E-state index in [2.05, 4.69) is 27.1 Å². The Balaban J connectivity index is 1.34. The zero-order chi connectivity index (χ0) is 16.1. The molecule has 0 saturated carbocycles. The lowest BCUT2D eigenvalue weighted by atomic mass is 9.91. The SMILES string of the molecule is CN1CCN(C(=O)CC2CCN(CC3CCNCC3)CC2)CC1. The topological polar surface area (TPSA) is 38.8 Å². The van der Waals surface area contributed by atoms with E-state index in [0.717, 1.165) is 38.5 Å². The van der Waals surface area contributed by atoms with Crippen molar-refractivity contribution in [2.75, 3.05) is 66.0 Å². The molecular weight excluding hydrogens is 288 g/mol. The van der Waals surface area contributed by atoms with Gasteiger partial charge in [0.15, 0.2) is 0 Å². The number of likely N-dealkylation sites (tertiary alicyclic amines) is 1. The van der Waals surface area contributed by atoms with Gasteiger partial charge < -0.3 is 20.0 Å². The number of carbonyl (C=O) groups is 1. The Morgan fingerprint density at radius 3 is 2.22 bits per heavy atom. The number of likely N-dealkylation sites (N-methyl/N-ethyl adjacent to an activating group) is 1. The van der Waals surface area contributed by atoms with Gasteiger partial charge in [-0.1, -0.05) is 0 Å². The molecule has 0 aromatic rings. The monoisotopic (exact) mass is 322 g/mol. The Labute approximate surface area is 141 Å². The molecule has 3 saturated heterocycles. The number of hydrogen-bond acceptors (Lipinski definition) is 4. The summed E-state index contributed by atoms with van der Waals surface area (Å²) in [7, 11) is 2.14. The first-order valence-electron chi connectivity index (χ1n) is 9.60. The number of piperidine rings is 2. The lowest BCUT2D eigenvalue weighted by Gasteiger charge is -2.37. The van der Waals surface area contributed by atoms with E-state index in [9.17, 15) is 4.79 Å². The average molecular weight is 322 g/mol. The van der Waals surface area contributed by atoms with Crippen LogP contribution >= 0.6 is 0 Å². The van der Waals surface area contributed by atoms with Crippen molar-refractivity contribution in [2.45, 2.75) is 32.1 Å². The fraction of sp³-hybridized carbons (Fsp3) is 0.944. The highest BCUT2D eigenvalue weighted by molar-refractivity contribution is 5.76. The van der Waals surface area contributed by atoms with Gasteiger partial charge in [-0.3, -0.25) is 4.79 Å². The van der Waals surface area contributed by atoms with Gasteiger partial charge in [-0.2, -0.15) is 0 Å². The average Bonchev–Trinajstić information content (AvgIpc) is 2.58. The molecule has 5 heteroatoms. The number of nitrogens with zero attached hydrogens (tertiary/aromatic N) is 3. The Hall–Kier alpha value is -0.650. The van der Waals surface area contributed by atoms with Crippen molar-refractivity contribution in [1.29, 1.82) is 0 Å². The molecule has 0 bridgehead atoms. The van der Waals surface area contributed by atoms with Crippen LogP contribution in [-0.4, -0.2) is 86.6 Å². The van der Waals surface area contributed by atoms with Crippen LogP contribution in [0.4, 0.5) is 0 Å². The van der Waals surface area contributed by atoms with Gasteiger partial charge >= 0.3 is 0 Å². The highest BCUT2D eigenvalue weighted by atomic mass is 16.2. The third-order valence-corrected chi connectivity index (χ3v) is 6.00. The summed E-state index contributed by atoms with van der Waals surface area (Å²) in [4.78, 5) is 19.5. The van der Waals surface area contributed by atoms with E-state index in [-0.39, 0.29) is 0 Å². The molecule has 3 heterocycles. The van der Waals surface area contributed by atoms with Gasteiger partial charge in [0.05, 0.1) is 0 Å². The summed E-state index contributed by atoms with van der Waals surface area (Å²) in [6.45, 7) is 9.96. The molecule has 0 aliphatic carbocycles. The normalized spacial score (nSPS) is 26.6. The molecule has 0 unspecified atom stereocenters.